The molecule has 0 saturated carbocycles. The van der Waals surface area contributed by atoms with E-state index in [-0.39, 0.29) is 6.17 Å². The molecule has 0 bridgehead atoms. The normalized spacial score (nSPS) is 17.0. The van der Waals surface area contributed by atoms with Crippen molar-refractivity contribution in [3.8, 4) is 0 Å². The standard InChI is InChI=1S/C17H16ClN5S/c1-22(2)15-9-3-12(4-10-15)11-19-23-16(20-21-17(23)24)13-5-7-14(18)8-6-13/h3-11,16H,1-2H3. The summed E-state index contributed by atoms with van der Waals surface area (Å²) >= 11 is 11.2. The van der Waals surface area contributed by atoms with Crippen LogP contribution in [0.5, 0.6) is 0 Å². The summed E-state index contributed by atoms with van der Waals surface area (Å²) in [5.74, 6) is 0. The molecule has 24 heavy (non-hydrogen) atoms. The van der Waals surface area contributed by atoms with Gasteiger partial charge in [0.05, 0.1) is 6.21 Å². The maximum absolute atomic E-state index is 5.93. The van der Waals surface area contributed by atoms with Crippen LogP contribution in [0.4, 0.5) is 5.69 Å². The Morgan fingerprint density at radius 2 is 1.79 bits per heavy atom. The molecule has 7 heteroatoms. The fourth-order valence-electron chi connectivity index (χ4n) is 2.25. The van der Waals surface area contributed by atoms with Crippen LogP contribution in [-0.4, -0.2) is 30.4 Å². The molecule has 2 aromatic carbocycles. The lowest BCUT2D eigenvalue weighted by Gasteiger charge is -2.17. The molecule has 0 saturated heterocycles. The quantitative estimate of drug-likeness (QED) is 0.598. The van der Waals surface area contributed by atoms with E-state index < -0.39 is 0 Å². The van der Waals surface area contributed by atoms with E-state index in [1.165, 1.54) is 0 Å². The maximum Gasteiger partial charge on any atom is 0.238 e. The van der Waals surface area contributed by atoms with Gasteiger partial charge in [-0.3, -0.25) is 0 Å². The number of rotatable bonds is 4. The van der Waals surface area contributed by atoms with E-state index in [4.69, 9.17) is 23.8 Å². The lowest BCUT2D eigenvalue weighted by atomic mass is 10.2. The Bertz CT molecular complexity index is 784. The molecule has 0 aromatic heterocycles. The molecule has 0 N–H and O–H groups in total. The molecule has 1 heterocycles. The van der Waals surface area contributed by atoms with Gasteiger partial charge in [-0.25, -0.2) is 5.01 Å². The second-order valence-corrected chi connectivity index (χ2v) is 6.30. The summed E-state index contributed by atoms with van der Waals surface area (Å²) < 4.78 is 0. The first-order valence-electron chi connectivity index (χ1n) is 7.35. The predicted molar refractivity (Wildman–Crippen MR) is 102 cm³/mol. The highest BCUT2D eigenvalue weighted by Crippen LogP contribution is 2.29. The fourth-order valence-corrected chi connectivity index (χ4v) is 2.57. The Morgan fingerprint density at radius 3 is 2.42 bits per heavy atom. The molecule has 1 aliphatic rings. The minimum Gasteiger partial charge on any atom is -0.378 e. The largest absolute Gasteiger partial charge is 0.378 e. The summed E-state index contributed by atoms with van der Waals surface area (Å²) in [6.45, 7) is 0. The maximum atomic E-state index is 5.93. The zero-order valence-corrected chi connectivity index (χ0v) is 14.9. The highest BCUT2D eigenvalue weighted by molar-refractivity contribution is 7.80. The molecular formula is C17H16ClN5S. The third-order valence-electron chi connectivity index (χ3n) is 3.59. The van der Waals surface area contributed by atoms with Crippen LogP contribution in [0.2, 0.25) is 5.02 Å². The second-order valence-electron chi connectivity index (χ2n) is 5.50. The van der Waals surface area contributed by atoms with Crippen molar-refractivity contribution in [1.82, 2.24) is 5.01 Å². The summed E-state index contributed by atoms with van der Waals surface area (Å²) in [4.78, 5) is 2.05. The smallest absolute Gasteiger partial charge is 0.238 e. The molecule has 0 fully saturated rings. The van der Waals surface area contributed by atoms with E-state index in [1.807, 2.05) is 67.5 Å². The molecule has 0 spiro atoms. The first-order chi connectivity index (χ1) is 11.5. The number of hydrogen-bond acceptors (Lipinski definition) is 4. The lowest BCUT2D eigenvalue weighted by Crippen LogP contribution is -2.21. The highest BCUT2D eigenvalue weighted by atomic mass is 35.5. The van der Waals surface area contributed by atoms with E-state index in [0.29, 0.717) is 10.1 Å². The Labute approximate surface area is 151 Å². The summed E-state index contributed by atoms with van der Waals surface area (Å²) in [5, 5.41) is 15.3. The van der Waals surface area contributed by atoms with Gasteiger partial charge in [0.1, 0.15) is 0 Å². The van der Waals surface area contributed by atoms with Crippen molar-refractivity contribution in [3.63, 3.8) is 0 Å². The van der Waals surface area contributed by atoms with Gasteiger partial charge >= 0.3 is 0 Å². The van der Waals surface area contributed by atoms with Gasteiger partial charge in [-0.1, -0.05) is 35.9 Å². The van der Waals surface area contributed by atoms with Crippen LogP contribution in [0.15, 0.2) is 63.9 Å². The van der Waals surface area contributed by atoms with Gasteiger partial charge in [-0.15, -0.1) is 5.11 Å². The van der Waals surface area contributed by atoms with Crippen LogP contribution in [0.25, 0.3) is 0 Å². The summed E-state index contributed by atoms with van der Waals surface area (Å²) in [7, 11) is 4.01. The second kappa shape index (κ2) is 7.07. The fraction of sp³-hybridized carbons (Fsp3) is 0.176. The van der Waals surface area contributed by atoms with Crippen molar-refractivity contribution >= 4 is 40.8 Å². The number of anilines is 1. The zero-order chi connectivity index (χ0) is 17.1. The number of hydrazone groups is 1. The van der Waals surface area contributed by atoms with Gasteiger partial charge in [0.15, 0.2) is 6.17 Å². The van der Waals surface area contributed by atoms with Gasteiger partial charge < -0.3 is 4.90 Å². The van der Waals surface area contributed by atoms with Crippen molar-refractivity contribution in [1.29, 1.82) is 0 Å². The van der Waals surface area contributed by atoms with Crippen molar-refractivity contribution in [2.45, 2.75) is 6.17 Å². The first kappa shape index (κ1) is 16.5. The Hall–Kier alpha value is -2.31. The monoisotopic (exact) mass is 357 g/mol. The Morgan fingerprint density at radius 1 is 1.12 bits per heavy atom. The molecule has 3 rings (SSSR count). The number of benzene rings is 2. The lowest BCUT2D eigenvalue weighted by molar-refractivity contribution is 0.367. The number of halogens is 1. The highest BCUT2D eigenvalue weighted by Gasteiger charge is 2.27. The molecule has 0 aliphatic carbocycles. The summed E-state index contributed by atoms with van der Waals surface area (Å²) in [5.41, 5.74) is 3.04. The predicted octanol–water partition coefficient (Wildman–Crippen LogP) is 4.49. The Kier molecular flexibility index (Phi) is 4.87. The average molecular weight is 358 g/mol. The zero-order valence-electron chi connectivity index (χ0n) is 13.3. The van der Waals surface area contributed by atoms with E-state index >= 15 is 0 Å². The van der Waals surface area contributed by atoms with E-state index in [1.54, 1.807) is 11.2 Å². The van der Waals surface area contributed by atoms with Gasteiger partial charge in [0.2, 0.25) is 5.11 Å². The van der Waals surface area contributed by atoms with Crippen molar-refractivity contribution in [2.24, 2.45) is 15.3 Å². The minimum atomic E-state index is -0.355. The van der Waals surface area contributed by atoms with E-state index in [9.17, 15) is 0 Å². The third kappa shape index (κ3) is 3.60. The molecule has 1 unspecified atom stereocenters. The van der Waals surface area contributed by atoms with Crippen LogP contribution in [0, 0.1) is 0 Å². The molecular weight excluding hydrogens is 342 g/mol. The molecule has 2 aromatic rings. The third-order valence-corrected chi connectivity index (χ3v) is 4.11. The van der Waals surface area contributed by atoms with Crippen LogP contribution < -0.4 is 4.90 Å². The molecule has 122 valence electrons. The van der Waals surface area contributed by atoms with Crippen molar-refractivity contribution in [3.05, 3.63) is 64.7 Å². The Balaban J connectivity index is 1.79. The van der Waals surface area contributed by atoms with Crippen molar-refractivity contribution < 1.29 is 0 Å². The molecule has 0 radical (unpaired) electrons. The first-order valence-corrected chi connectivity index (χ1v) is 8.14. The van der Waals surface area contributed by atoms with Crippen LogP contribution >= 0.6 is 23.8 Å². The van der Waals surface area contributed by atoms with Gasteiger partial charge in [0.25, 0.3) is 0 Å². The average Bonchev–Trinajstić information content (AvgIpc) is 2.95. The van der Waals surface area contributed by atoms with Crippen LogP contribution in [-0.2, 0) is 0 Å². The van der Waals surface area contributed by atoms with Gasteiger partial charge in [-0.05, 0) is 42.0 Å². The topological polar surface area (TPSA) is 43.6 Å². The van der Waals surface area contributed by atoms with E-state index in [0.717, 1.165) is 16.8 Å². The molecule has 1 aliphatic heterocycles. The number of azo groups is 1. The SMILES string of the molecule is CN(C)c1ccc(C=NN2C(=S)N=NC2c2ccc(Cl)cc2)cc1. The van der Waals surface area contributed by atoms with Crippen LogP contribution in [0.1, 0.15) is 17.3 Å². The van der Waals surface area contributed by atoms with Crippen LogP contribution in [0.3, 0.4) is 0 Å². The number of nitrogens with zero attached hydrogens (tertiary/aromatic N) is 5. The van der Waals surface area contributed by atoms with E-state index in [2.05, 4.69) is 15.3 Å². The summed E-state index contributed by atoms with van der Waals surface area (Å²) in [6, 6.07) is 15.5. The summed E-state index contributed by atoms with van der Waals surface area (Å²) in [6.07, 6.45) is 1.40. The minimum absolute atomic E-state index is 0.344. The molecule has 1 atom stereocenters. The molecule has 5 nitrogen and oxygen atoms in total. The van der Waals surface area contributed by atoms with Crippen molar-refractivity contribution in [2.75, 3.05) is 19.0 Å². The molecule has 0 amide bonds. The van der Waals surface area contributed by atoms with Gasteiger partial charge in [0, 0.05) is 30.4 Å². The number of hydrogen-bond donors (Lipinski definition) is 0. The number of thiocarbonyl (C=S) groups is 1. The van der Waals surface area contributed by atoms with Gasteiger partial charge in [-0.2, -0.15) is 10.2 Å².